The lowest BCUT2D eigenvalue weighted by Gasteiger charge is -2.35. The SMILES string of the molecule is CCOC(=O)N1C(c2ccccc2)=C(I)C(c2ccc(Cl)cc2)c2c1n(C(=O)OCC)c1ccccc21. The minimum Gasteiger partial charge on any atom is -0.449 e. The quantitative estimate of drug-likeness (QED) is 0.214. The number of hydrogen-bond donors (Lipinski definition) is 0. The maximum absolute atomic E-state index is 13.7. The molecule has 5 rings (SSSR count). The molecule has 1 amide bonds. The predicted octanol–water partition coefficient (Wildman–Crippen LogP) is 8.21. The van der Waals surface area contributed by atoms with Gasteiger partial charge in [0.1, 0.15) is 5.82 Å². The lowest BCUT2D eigenvalue weighted by atomic mass is 9.86. The van der Waals surface area contributed by atoms with Crippen LogP contribution in [0.25, 0.3) is 16.6 Å². The molecule has 188 valence electrons. The van der Waals surface area contributed by atoms with Crippen LogP contribution < -0.4 is 4.90 Å². The minimum absolute atomic E-state index is 0.184. The van der Waals surface area contributed by atoms with Crippen molar-refractivity contribution in [2.24, 2.45) is 0 Å². The number of allylic oxidation sites excluding steroid dienone is 1. The molecule has 0 fully saturated rings. The van der Waals surface area contributed by atoms with Crippen molar-refractivity contribution < 1.29 is 19.1 Å². The highest BCUT2D eigenvalue weighted by atomic mass is 127. The van der Waals surface area contributed by atoms with Gasteiger partial charge in [-0.1, -0.05) is 72.3 Å². The monoisotopic (exact) mass is 626 g/mol. The third kappa shape index (κ3) is 4.40. The molecule has 3 aromatic carbocycles. The predicted molar refractivity (Wildman–Crippen MR) is 155 cm³/mol. The second-order valence-corrected chi connectivity index (χ2v) is 9.97. The fourth-order valence-corrected chi connectivity index (χ4v) is 6.15. The van der Waals surface area contributed by atoms with Gasteiger partial charge in [-0.25, -0.2) is 19.1 Å². The van der Waals surface area contributed by atoms with E-state index in [1.165, 1.54) is 9.47 Å². The van der Waals surface area contributed by atoms with Crippen LogP contribution in [0.2, 0.25) is 5.02 Å². The van der Waals surface area contributed by atoms with Gasteiger partial charge in [0.15, 0.2) is 0 Å². The number of amides is 1. The van der Waals surface area contributed by atoms with Crippen LogP contribution in [0.1, 0.15) is 36.5 Å². The normalized spacial score (nSPS) is 15.0. The third-order valence-electron chi connectivity index (χ3n) is 6.24. The number of anilines is 1. The van der Waals surface area contributed by atoms with Crippen LogP contribution in [-0.2, 0) is 9.47 Å². The Labute approximate surface area is 233 Å². The summed E-state index contributed by atoms with van der Waals surface area (Å²) in [5.74, 6) is 0.145. The maximum atomic E-state index is 13.7. The van der Waals surface area contributed by atoms with Crippen LogP contribution in [0.4, 0.5) is 15.4 Å². The van der Waals surface area contributed by atoms with Crippen molar-refractivity contribution in [2.45, 2.75) is 19.8 Å². The largest absolute Gasteiger partial charge is 0.449 e. The van der Waals surface area contributed by atoms with Gasteiger partial charge in [0.05, 0.1) is 24.4 Å². The zero-order valence-electron chi connectivity index (χ0n) is 20.3. The molecule has 0 saturated carbocycles. The van der Waals surface area contributed by atoms with E-state index in [2.05, 4.69) is 22.6 Å². The third-order valence-corrected chi connectivity index (χ3v) is 7.63. The van der Waals surface area contributed by atoms with E-state index >= 15 is 0 Å². The van der Waals surface area contributed by atoms with Crippen molar-refractivity contribution in [3.8, 4) is 0 Å². The Balaban J connectivity index is 1.93. The summed E-state index contributed by atoms with van der Waals surface area (Å²) in [6.07, 6.45) is -1.13. The zero-order valence-corrected chi connectivity index (χ0v) is 23.2. The molecule has 0 bridgehead atoms. The van der Waals surface area contributed by atoms with Gasteiger partial charge < -0.3 is 9.47 Å². The Kier molecular flexibility index (Phi) is 7.26. The summed E-state index contributed by atoms with van der Waals surface area (Å²) >= 11 is 8.56. The Morgan fingerprint density at radius 1 is 0.865 bits per heavy atom. The van der Waals surface area contributed by atoms with Crippen LogP contribution >= 0.6 is 34.2 Å². The molecule has 0 radical (unpaired) electrons. The zero-order chi connectivity index (χ0) is 26.1. The molecule has 1 unspecified atom stereocenters. The van der Waals surface area contributed by atoms with Crippen LogP contribution in [0.3, 0.4) is 0 Å². The van der Waals surface area contributed by atoms with Crippen molar-refractivity contribution in [1.82, 2.24) is 4.57 Å². The number of carbonyl (C=O) groups excluding carboxylic acids is 2. The standard InChI is InChI=1S/C29H24ClIN2O4/c1-3-36-28(34)32-22-13-9-8-12-21(22)24-23(18-14-16-20(30)17-15-18)25(31)26(19-10-6-5-7-11-19)33(27(24)32)29(35)37-4-2/h5-17,23H,3-4H2,1-2H3. The number of nitrogens with zero attached hydrogens (tertiary/aromatic N) is 2. The summed E-state index contributed by atoms with van der Waals surface area (Å²) in [5.41, 5.74) is 3.94. The molecule has 0 spiro atoms. The lowest BCUT2D eigenvalue weighted by molar-refractivity contribution is 0.154. The number of rotatable bonds is 4. The minimum atomic E-state index is -0.570. The van der Waals surface area contributed by atoms with Gasteiger partial charge in [-0.3, -0.25) is 0 Å². The van der Waals surface area contributed by atoms with Crippen LogP contribution in [0, 0.1) is 0 Å². The molecule has 6 nitrogen and oxygen atoms in total. The van der Waals surface area contributed by atoms with Gasteiger partial charge >= 0.3 is 12.2 Å². The second-order valence-electron chi connectivity index (χ2n) is 8.37. The molecular weight excluding hydrogens is 603 g/mol. The molecule has 1 aliphatic rings. The summed E-state index contributed by atoms with van der Waals surface area (Å²) < 4.78 is 13.4. The molecule has 4 aromatic rings. The summed E-state index contributed by atoms with van der Waals surface area (Å²) in [6, 6.07) is 24.9. The number of hydrogen-bond acceptors (Lipinski definition) is 4. The van der Waals surface area contributed by atoms with Crippen LogP contribution in [0.5, 0.6) is 0 Å². The van der Waals surface area contributed by atoms with Crippen molar-refractivity contribution in [3.63, 3.8) is 0 Å². The van der Waals surface area contributed by atoms with Crippen molar-refractivity contribution >= 4 is 68.8 Å². The molecule has 0 saturated heterocycles. The van der Waals surface area contributed by atoms with E-state index in [-0.39, 0.29) is 19.1 Å². The number of carbonyl (C=O) groups is 2. The van der Waals surface area contributed by atoms with Gasteiger partial charge in [0.25, 0.3) is 0 Å². The highest BCUT2D eigenvalue weighted by molar-refractivity contribution is 14.1. The number of benzene rings is 3. The summed E-state index contributed by atoms with van der Waals surface area (Å²) in [5, 5.41) is 1.48. The smallest absolute Gasteiger partial charge is 0.420 e. The number of ether oxygens (including phenoxy) is 2. The Hall–Kier alpha value is -3.30. The molecule has 0 N–H and O–H groups in total. The van der Waals surface area contributed by atoms with Crippen molar-refractivity contribution in [1.29, 1.82) is 0 Å². The Bertz CT molecular complexity index is 1510. The molecule has 1 atom stereocenters. The van der Waals surface area contributed by atoms with E-state index in [1.807, 2.05) is 78.9 Å². The topological polar surface area (TPSA) is 60.8 Å². The molecule has 1 aliphatic heterocycles. The van der Waals surface area contributed by atoms with Gasteiger partial charge in [0, 0.05) is 25.5 Å². The first-order valence-electron chi connectivity index (χ1n) is 12.0. The number of halogens is 2. The first-order chi connectivity index (χ1) is 18.0. The average molecular weight is 627 g/mol. The van der Waals surface area contributed by atoms with E-state index in [4.69, 9.17) is 21.1 Å². The van der Waals surface area contributed by atoms with Gasteiger partial charge in [-0.15, -0.1) is 0 Å². The van der Waals surface area contributed by atoms with Crippen molar-refractivity contribution in [2.75, 3.05) is 18.1 Å². The van der Waals surface area contributed by atoms with E-state index in [0.29, 0.717) is 22.1 Å². The van der Waals surface area contributed by atoms with Gasteiger partial charge in [-0.2, -0.15) is 0 Å². The average Bonchev–Trinajstić information content (AvgIpc) is 3.24. The number of fused-ring (bicyclic) bond motifs is 3. The molecule has 1 aromatic heterocycles. The maximum Gasteiger partial charge on any atom is 0.420 e. The summed E-state index contributed by atoms with van der Waals surface area (Å²) in [7, 11) is 0. The summed E-state index contributed by atoms with van der Waals surface area (Å²) in [6.45, 7) is 3.90. The summed E-state index contributed by atoms with van der Waals surface area (Å²) in [4.78, 5) is 28.6. The fraction of sp³-hybridized carbons (Fsp3) is 0.172. The van der Waals surface area contributed by atoms with Crippen LogP contribution in [0.15, 0.2) is 82.4 Å². The molecular formula is C29H24ClIN2O4. The van der Waals surface area contributed by atoms with E-state index in [1.54, 1.807) is 13.8 Å². The molecule has 0 aliphatic carbocycles. The highest BCUT2D eigenvalue weighted by Gasteiger charge is 2.42. The van der Waals surface area contributed by atoms with E-state index < -0.39 is 12.2 Å². The first-order valence-corrected chi connectivity index (χ1v) is 13.4. The number of para-hydroxylation sites is 1. The van der Waals surface area contributed by atoms with E-state index in [0.717, 1.165) is 25.7 Å². The van der Waals surface area contributed by atoms with Gasteiger partial charge in [0.2, 0.25) is 0 Å². The van der Waals surface area contributed by atoms with Crippen LogP contribution in [-0.4, -0.2) is 30.0 Å². The Morgan fingerprint density at radius 3 is 2.16 bits per heavy atom. The van der Waals surface area contributed by atoms with Gasteiger partial charge in [-0.05, 0) is 65.8 Å². The first kappa shape index (κ1) is 25.4. The fourth-order valence-electron chi connectivity index (χ4n) is 4.80. The molecule has 37 heavy (non-hydrogen) atoms. The molecule has 8 heteroatoms. The highest BCUT2D eigenvalue weighted by Crippen LogP contribution is 2.53. The van der Waals surface area contributed by atoms with Crippen molar-refractivity contribution in [3.05, 3.63) is 104 Å². The molecule has 2 heterocycles. The lowest BCUT2D eigenvalue weighted by Crippen LogP contribution is -2.37. The second kappa shape index (κ2) is 10.6. The number of aromatic nitrogens is 1. The van der Waals surface area contributed by atoms with E-state index in [9.17, 15) is 9.59 Å². The Morgan fingerprint density at radius 2 is 1.49 bits per heavy atom.